The molecule has 0 aliphatic carbocycles. The highest BCUT2D eigenvalue weighted by Gasteiger charge is 2.21. The third-order valence-electron chi connectivity index (χ3n) is 3.66. The third kappa shape index (κ3) is 3.70. The Labute approximate surface area is 110 Å². The smallest absolute Gasteiger partial charge is 0.0454 e. The van der Waals surface area contributed by atoms with Crippen LogP contribution in [0.2, 0.25) is 5.02 Å². The molecule has 0 aromatic heterocycles. The lowest BCUT2D eigenvalue weighted by Crippen LogP contribution is -2.39. The summed E-state index contributed by atoms with van der Waals surface area (Å²) in [5.74, 6) is 0. The number of hydrogen-bond donors (Lipinski definition) is 1. The molecule has 0 aliphatic rings. The fraction of sp³-hybridized carbons (Fsp3) is 0.571. The van der Waals surface area contributed by atoms with E-state index in [-0.39, 0.29) is 5.54 Å². The lowest BCUT2D eigenvalue weighted by molar-refractivity contribution is 0.143. The highest BCUT2D eigenvalue weighted by molar-refractivity contribution is 6.31. The molecule has 0 unspecified atom stereocenters. The van der Waals surface area contributed by atoms with Crippen LogP contribution >= 0.6 is 11.6 Å². The maximum Gasteiger partial charge on any atom is 0.0454 e. The van der Waals surface area contributed by atoms with Crippen molar-refractivity contribution in [2.45, 2.75) is 45.8 Å². The highest BCUT2D eigenvalue weighted by atomic mass is 35.5. The van der Waals surface area contributed by atoms with Crippen molar-refractivity contribution >= 4 is 11.6 Å². The lowest BCUT2D eigenvalue weighted by Gasteiger charge is -2.35. The summed E-state index contributed by atoms with van der Waals surface area (Å²) < 4.78 is 0. The summed E-state index contributed by atoms with van der Waals surface area (Å²) in [5, 5.41) is 0.812. The number of halogens is 1. The van der Waals surface area contributed by atoms with Crippen molar-refractivity contribution in [3.63, 3.8) is 0 Å². The zero-order chi connectivity index (χ0) is 13.1. The van der Waals surface area contributed by atoms with Gasteiger partial charge in [0.25, 0.3) is 0 Å². The first-order valence-corrected chi connectivity index (χ1v) is 6.47. The lowest BCUT2D eigenvalue weighted by atomic mass is 9.99. The van der Waals surface area contributed by atoms with Crippen LogP contribution < -0.4 is 5.73 Å². The van der Waals surface area contributed by atoms with E-state index in [1.807, 2.05) is 12.1 Å². The molecule has 96 valence electrons. The van der Waals surface area contributed by atoms with Gasteiger partial charge in [-0.3, -0.25) is 4.90 Å². The minimum atomic E-state index is 0.190. The molecule has 3 heteroatoms. The van der Waals surface area contributed by atoms with E-state index in [2.05, 4.69) is 38.8 Å². The highest BCUT2D eigenvalue weighted by Crippen LogP contribution is 2.24. The molecule has 1 rings (SSSR count). The van der Waals surface area contributed by atoms with Crippen LogP contribution in [0.1, 0.15) is 38.3 Å². The van der Waals surface area contributed by atoms with Gasteiger partial charge in [0.05, 0.1) is 0 Å². The molecule has 0 saturated heterocycles. The summed E-state index contributed by atoms with van der Waals surface area (Å²) in [4.78, 5) is 2.33. The van der Waals surface area contributed by atoms with Gasteiger partial charge in [-0.2, -0.15) is 0 Å². The van der Waals surface area contributed by atoms with Crippen LogP contribution in [0.15, 0.2) is 18.2 Å². The summed E-state index contributed by atoms with van der Waals surface area (Å²) in [6.45, 7) is 8.10. The molecule has 0 heterocycles. The van der Waals surface area contributed by atoms with E-state index in [1.165, 1.54) is 0 Å². The van der Waals surface area contributed by atoms with E-state index in [4.69, 9.17) is 17.3 Å². The summed E-state index contributed by atoms with van der Waals surface area (Å²) in [6.07, 6.45) is 1.11. The Morgan fingerprint density at radius 2 is 2.00 bits per heavy atom. The quantitative estimate of drug-likeness (QED) is 0.873. The first-order valence-electron chi connectivity index (χ1n) is 6.09. The van der Waals surface area contributed by atoms with Crippen molar-refractivity contribution < 1.29 is 0 Å². The average molecular weight is 255 g/mol. The van der Waals surface area contributed by atoms with Crippen molar-refractivity contribution in [2.75, 3.05) is 7.05 Å². The van der Waals surface area contributed by atoms with Gasteiger partial charge in [0.1, 0.15) is 0 Å². The van der Waals surface area contributed by atoms with Crippen LogP contribution in [-0.2, 0) is 13.1 Å². The molecule has 0 aliphatic heterocycles. The van der Waals surface area contributed by atoms with Gasteiger partial charge in [-0.25, -0.2) is 0 Å². The maximum atomic E-state index is 6.26. The van der Waals surface area contributed by atoms with Crippen LogP contribution in [0.5, 0.6) is 0 Å². The number of benzene rings is 1. The number of rotatable bonds is 5. The molecule has 0 atom stereocenters. The topological polar surface area (TPSA) is 29.3 Å². The predicted molar refractivity (Wildman–Crippen MR) is 75.2 cm³/mol. The molecular formula is C14H23ClN2. The van der Waals surface area contributed by atoms with Gasteiger partial charge in [0.2, 0.25) is 0 Å². The van der Waals surface area contributed by atoms with Crippen molar-refractivity contribution in [3.8, 4) is 0 Å². The van der Waals surface area contributed by atoms with Gasteiger partial charge in [-0.05, 0) is 44.5 Å². The second-order valence-electron chi connectivity index (χ2n) is 5.15. The molecule has 0 radical (unpaired) electrons. The number of hydrogen-bond acceptors (Lipinski definition) is 2. The van der Waals surface area contributed by atoms with Gasteiger partial charge in [-0.15, -0.1) is 0 Å². The maximum absolute atomic E-state index is 6.26. The zero-order valence-electron chi connectivity index (χ0n) is 11.3. The van der Waals surface area contributed by atoms with Crippen molar-refractivity contribution in [1.82, 2.24) is 4.90 Å². The molecule has 0 amide bonds. The van der Waals surface area contributed by atoms with E-state index in [0.29, 0.717) is 6.54 Å². The molecule has 0 fully saturated rings. The largest absolute Gasteiger partial charge is 0.326 e. The van der Waals surface area contributed by atoms with Crippen LogP contribution in [0.3, 0.4) is 0 Å². The van der Waals surface area contributed by atoms with Crippen LogP contribution in [0.25, 0.3) is 0 Å². The van der Waals surface area contributed by atoms with E-state index in [9.17, 15) is 0 Å². The van der Waals surface area contributed by atoms with E-state index in [1.54, 1.807) is 0 Å². The van der Waals surface area contributed by atoms with Crippen LogP contribution in [0, 0.1) is 0 Å². The number of nitrogens with two attached hydrogens (primary N) is 1. The SMILES string of the molecule is CCC(C)(C)N(C)Cc1ccc(CN)cc1Cl. The first kappa shape index (κ1) is 14.5. The fourth-order valence-corrected chi connectivity index (χ4v) is 1.85. The molecule has 2 nitrogen and oxygen atoms in total. The molecule has 0 saturated carbocycles. The molecule has 2 N–H and O–H groups in total. The Morgan fingerprint density at radius 3 is 2.47 bits per heavy atom. The molecule has 17 heavy (non-hydrogen) atoms. The van der Waals surface area contributed by atoms with Gasteiger partial charge in [0, 0.05) is 23.7 Å². The minimum absolute atomic E-state index is 0.190. The molecule has 0 spiro atoms. The standard InChI is InChI=1S/C14H23ClN2/c1-5-14(2,3)17(4)10-12-7-6-11(9-16)8-13(12)15/h6-8H,5,9-10,16H2,1-4H3. The second kappa shape index (κ2) is 5.85. The van der Waals surface area contributed by atoms with Gasteiger partial charge < -0.3 is 5.73 Å². The molecular weight excluding hydrogens is 232 g/mol. The Morgan fingerprint density at radius 1 is 1.35 bits per heavy atom. The third-order valence-corrected chi connectivity index (χ3v) is 4.01. The van der Waals surface area contributed by atoms with Gasteiger partial charge >= 0.3 is 0 Å². The van der Waals surface area contributed by atoms with Crippen molar-refractivity contribution in [1.29, 1.82) is 0 Å². The Kier molecular flexibility index (Phi) is 4.99. The van der Waals surface area contributed by atoms with Gasteiger partial charge in [0.15, 0.2) is 0 Å². The number of nitrogens with zero attached hydrogens (tertiary/aromatic N) is 1. The summed E-state index contributed by atoms with van der Waals surface area (Å²) in [7, 11) is 2.14. The molecule has 0 bridgehead atoms. The first-order chi connectivity index (χ1) is 7.90. The van der Waals surface area contributed by atoms with E-state index >= 15 is 0 Å². The van der Waals surface area contributed by atoms with E-state index < -0.39 is 0 Å². The Hall–Kier alpha value is -0.570. The van der Waals surface area contributed by atoms with Crippen molar-refractivity contribution in [3.05, 3.63) is 34.3 Å². The second-order valence-corrected chi connectivity index (χ2v) is 5.56. The Balaban J connectivity index is 2.82. The normalized spacial score (nSPS) is 12.2. The van der Waals surface area contributed by atoms with Crippen LogP contribution in [0.4, 0.5) is 0 Å². The monoisotopic (exact) mass is 254 g/mol. The zero-order valence-corrected chi connectivity index (χ0v) is 12.0. The average Bonchev–Trinajstić information content (AvgIpc) is 2.31. The molecule has 1 aromatic rings. The summed E-state index contributed by atoms with van der Waals surface area (Å²) in [6, 6.07) is 6.09. The minimum Gasteiger partial charge on any atom is -0.326 e. The Bertz CT molecular complexity index is 374. The predicted octanol–water partition coefficient (Wildman–Crippen LogP) is 3.42. The van der Waals surface area contributed by atoms with Crippen LogP contribution in [-0.4, -0.2) is 17.5 Å². The summed E-state index contributed by atoms with van der Waals surface area (Å²) >= 11 is 6.26. The van der Waals surface area contributed by atoms with E-state index in [0.717, 1.165) is 29.1 Å². The van der Waals surface area contributed by atoms with Gasteiger partial charge in [-0.1, -0.05) is 30.7 Å². The fourth-order valence-electron chi connectivity index (χ4n) is 1.59. The van der Waals surface area contributed by atoms with Crippen molar-refractivity contribution in [2.24, 2.45) is 5.73 Å². The molecule has 1 aromatic carbocycles. The summed E-state index contributed by atoms with van der Waals surface area (Å²) in [5.41, 5.74) is 8.02.